The quantitative estimate of drug-likeness (QED) is 0.590. The van der Waals surface area contributed by atoms with Crippen LogP contribution in [0, 0.1) is 5.92 Å². The maximum atomic E-state index is 13.1. The summed E-state index contributed by atoms with van der Waals surface area (Å²) < 4.78 is 38.6. The minimum Gasteiger partial charge on any atom is -0.486 e. The molecule has 1 fully saturated rings. The Balaban J connectivity index is 1.20. The summed E-state index contributed by atoms with van der Waals surface area (Å²) >= 11 is 1.34. The van der Waals surface area contributed by atoms with Gasteiger partial charge in [-0.05, 0) is 37.1 Å². The van der Waals surface area contributed by atoms with Crippen molar-refractivity contribution in [3.05, 3.63) is 48.0 Å². The van der Waals surface area contributed by atoms with Gasteiger partial charge in [0.05, 0.1) is 10.6 Å². The van der Waals surface area contributed by atoms with Gasteiger partial charge in [-0.3, -0.25) is 9.78 Å². The van der Waals surface area contributed by atoms with E-state index in [9.17, 15) is 13.2 Å². The largest absolute Gasteiger partial charge is 0.486 e. The number of anilines is 1. The van der Waals surface area contributed by atoms with Crippen LogP contribution in [0.3, 0.4) is 0 Å². The normalized spacial score (nSPS) is 17.0. The number of amides is 1. The molecule has 1 amide bonds. The van der Waals surface area contributed by atoms with Gasteiger partial charge in [0.25, 0.3) is 0 Å². The first-order chi connectivity index (χ1) is 16.0. The van der Waals surface area contributed by atoms with Crippen LogP contribution >= 0.6 is 11.3 Å². The number of aromatic nitrogens is 2. The van der Waals surface area contributed by atoms with E-state index in [-0.39, 0.29) is 29.8 Å². The van der Waals surface area contributed by atoms with Crippen molar-refractivity contribution in [1.82, 2.24) is 14.3 Å². The highest BCUT2D eigenvalue weighted by Crippen LogP contribution is 2.34. The lowest BCUT2D eigenvalue weighted by atomic mass is 9.97. The lowest BCUT2D eigenvalue weighted by Gasteiger charge is -2.30. The molecule has 3 aromatic rings. The number of nitrogens with zero attached hydrogens (tertiary/aromatic N) is 3. The Labute approximate surface area is 195 Å². The van der Waals surface area contributed by atoms with E-state index < -0.39 is 10.0 Å². The second-order valence-electron chi connectivity index (χ2n) is 7.73. The molecule has 11 heteroatoms. The van der Waals surface area contributed by atoms with E-state index in [2.05, 4.69) is 15.3 Å². The number of thiazole rings is 1. The Morgan fingerprint density at radius 3 is 2.61 bits per heavy atom. The molecule has 2 aromatic heterocycles. The lowest BCUT2D eigenvalue weighted by molar-refractivity contribution is -0.120. The van der Waals surface area contributed by atoms with Crippen LogP contribution in [-0.2, 0) is 14.8 Å². The number of rotatable bonds is 5. The molecule has 0 saturated carbocycles. The van der Waals surface area contributed by atoms with Crippen LogP contribution < -0.4 is 14.8 Å². The van der Waals surface area contributed by atoms with E-state index >= 15 is 0 Å². The second kappa shape index (κ2) is 9.08. The van der Waals surface area contributed by atoms with Crippen molar-refractivity contribution >= 4 is 32.4 Å². The molecular formula is C22H22N4O5S2. The summed E-state index contributed by atoms with van der Waals surface area (Å²) in [6.45, 7) is 1.37. The molecule has 33 heavy (non-hydrogen) atoms. The molecule has 5 rings (SSSR count). The van der Waals surface area contributed by atoms with Crippen molar-refractivity contribution < 1.29 is 22.7 Å². The summed E-state index contributed by atoms with van der Waals surface area (Å²) in [4.78, 5) is 21.6. The van der Waals surface area contributed by atoms with Crippen molar-refractivity contribution in [2.75, 3.05) is 31.6 Å². The number of piperidine rings is 1. The third-order valence-corrected chi connectivity index (χ3v) is 8.29. The average molecular weight is 487 g/mol. The zero-order chi connectivity index (χ0) is 22.8. The van der Waals surface area contributed by atoms with E-state index in [4.69, 9.17) is 9.47 Å². The van der Waals surface area contributed by atoms with Gasteiger partial charge < -0.3 is 14.8 Å². The molecule has 0 radical (unpaired) electrons. The number of pyridine rings is 1. The number of ether oxygens (including phenoxy) is 2. The van der Waals surface area contributed by atoms with Gasteiger partial charge in [-0.25, -0.2) is 13.4 Å². The molecule has 0 spiro atoms. The first kappa shape index (κ1) is 21.8. The number of sulfonamides is 1. The van der Waals surface area contributed by atoms with E-state index in [0.29, 0.717) is 48.4 Å². The fourth-order valence-electron chi connectivity index (χ4n) is 3.86. The minimum absolute atomic E-state index is 0.145. The molecule has 172 valence electrons. The second-order valence-corrected chi connectivity index (χ2v) is 10.5. The van der Waals surface area contributed by atoms with Crippen LogP contribution in [0.1, 0.15) is 12.8 Å². The number of benzene rings is 1. The number of hydrogen-bond donors (Lipinski definition) is 1. The summed E-state index contributed by atoms with van der Waals surface area (Å²) in [6.07, 6.45) is 2.57. The Hall–Kier alpha value is -3.02. The number of carbonyl (C=O) groups excluding carboxylic acids is 1. The molecule has 1 aromatic carbocycles. The highest BCUT2D eigenvalue weighted by molar-refractivity contribution is 7.89. The third-order valence-electron chi connectivity index (χ3n) is 5.64. The smallest absolute Gasteiger partial charge is 0.243 e. The van der Waals surface area contributed by atoms with Gasteiger partial charge in [-0.15, -0.1) is 11.3 Å². The maximum Gasteiger partial charge on any atom is 0.243 e. The standard InChI is InChI=1S/C22H22N4O5S2/c27-21(25-22-24-18(14-32-22)17-3-1-2-8-23-17)15-6-9-26(10-7-15)33(28,29)16-4-5-19-20(13-16)31-12-11-30-19/h1-5,8,13-15H,6-7,9-12H2,(H,24,25,27). The van der Waals surface area contributed by atoms with Gasteiger partial charge in [0, 0.05) is 36.7 Å². The summed E-state index contributed by atoms with van der Waals surface area (Å²) in [5.74, 6) is 0.557. The SMILES string of the molecule is O=C(Nc1nc(-c2ccccn2)cs1)C1CCN(S(=O)(=O)c2ccc3c(c2)OCCO3)CC1. The molecule has 4 heterocycles. The molecule has 9 nitrogen and oxygen atoms in total. The van der Waals surface area contributed by atoms with Gasteiger partial charge in [-0.1, -0.05) is 6.07 Å². The van der Waals surface area contributed by atoms with E-state index in [1.54, 1.807) is 12.3 Å². The van der Waals surface area contributed by atoms with Gasteiger partial charge in [0.15, 0.2) is 16.6 Å². The van der Waals surface area contributed by atoms with Crippen molar-refractivity contribution in [2.24, 2.45) is 5.92 Å². The first-order valence-electron chi connectivity index (χ1n) is 10.6. The fourth-order valence-corrected chi connectivity index (χ4v) is 6.06. The van der Waals surface area contributed by atoms with Crippen molar-refractivity contribution in [3.8, 4) is 22.9 Å². The van der Waals surface area contributed by atoms with Crippen LogP contribution in [0.5, 0.6) is 11.5 Å². The Bertz CT molecular complexity index is 1250. The van der Waals surface area contributed by atoms with Crippen molar-refractivity contribution in [2.45, 2.75) is 17.7 Å². The summed E-state index contributed by atoms with van der Waals surface area (Å²) in [6, 6.07) is 10.2. The molecule has 0 atom stereocenters. The van der Waals surface area contributed by atoms with Gasteiger partial charge in [-0.2, -0.15) is 4.31 Å². The molecule has 1 saturated heterocycles. The molecule has 1 N–H and O–H groups in total. The highest BCUT2D eigenvalue weighted by atomic mass is 32.2. The lowest BCUT2D eigenvalue weighted by Crippen LogP contribution is -2.41. The number of carbonyl (C=O) groups is 1. The molecule has 2 aliphatic heterocycles. The first-order valence-corrected chi connectivity index (χ1v) is 12.9. The fraction of sp³-hybridized carbons (Fsp3) is 0.318. The van der Waals surface area contributed by atoms with Gasteiger partial charge in [0.2, 0.25) is 15.9 Å². The van der Waals surface area contributed by atoms with E-state index in [1.165, 1.54) is 27.8 Å². The highest BCUT2D eigenvalue weighted by Gasteiger charge is 2.33. The van der Waals surface area contributed by atoms with Crippen LogP contribution in [-0.4, -0.2) is 54.9 Å². The van der Waals surface area contributed by atoms with E-state index in [1.807, 2.05) is 23.6 Å². The molecule has 0 bridgehead atoms. The van der Waals surface area contributed by atoms with Gasteiger partial charge >= 0.3 is 0 Å². The third kappa shape index (κ3) is 4.56. The zero-order valence-corrected chi connectivity index (χ0v) is 19.3. The van der Waals surface area contributed by atoms with Crippen molar-refractivity contribution in [3.63, 3.8) is 0 Å². The van der Waals surface area contributed by atoms with Crippen LogP contribution in [0.4, 0.5) is 5.13 Å². The summed E-state index contributed by atoms with van der Waals surface area (Å²) in [5, 5.41) is 5.22. The average Bonchev–Trinajstić information content (AvgIpc) is 3.33. The maximum absolute atomic E-state index is 13.1. The topological polar surface area (TPSA) is 111 Å². The Morgan fingerprint density at radius 2 is 1.85 bits per heavy atom. The van der Waals surface area contributed by atoms with Gasteiger partial charge in [0.1, 0.15) is 18.9 Å². The van der Waals surface area contributed by atoms with Crippen LogP contribution in [0.25, 0.3) is 11.4 Å². The number of fused-ring (bicyclic) bond motifs is 1. The van der Waals surface area contributed by atoms with Crippen LogP contribution in [0.15, 0.2) is 52.9 Å². The Morgan fingerprint density at radius 1 is 1.06 bits per heavy atom. The zero-order valence-electron chi connectivity index (χ0n) is 17.6. The summed E-state index contributed by atoms with van der Waals surface area (Å²) in [7, 11) is -3.68. The van der Waals surface area contributed by atoms with E-state index in [0.717, 1.165) is 5.69 Å². The monoisotopic (exact) mass is 486 g/mol. The molecule has 2 aliphatic rings. The molecular weight excluding hydrogens is 464 g/mol. The van der Waals surface area contributed by atoms with Crippen molar-refractivity contribution in [1.29, 1.82) is 0 Å². The predicted molar refractivity (Wildman–Crippen MR) is 123 cm³/mol. The van der Waals surface area contributed by atoms with Crippen LogP contribution in [0.2, 0.25) is 0 Å². The Kier molecular flexibility index (Phi) is 6.00. The number of hydrogen-bond acceptors (Lipinski definition) is 8. The molecule has 0 aliphatic carbocycles. The summed E-state index contributed by atoms with van der Waals surface area (Å²) in [5.41, 5.74) is 1.45. The predicted octanol–water partition coefficient (Wildman–Crippen LogP) is 3.02. The molecule has 0 unspecified atom stereocenters. The number of nitrogens with one attached hydrogen (secondary N) is 1. The minimum atomic E-state index is -3.68.